The Balaban J connectivity index is 2.23. The van der Waals surface area contributed by atoms with Gasteiger partial charge in [-0.15, -0.1) is 0 Å². The zero-order chi connectivity index (χ0) is 10.6. The second-order valence-corrected chi connectivity index (χ2v) is 4.89. The van der Waals surface area contributed by atoms with E-state index in [4.69, 9.17) is 5.26 Å². The first-order valence-corrected chi connectivity index (χ1v) is 5.36. The summed E-state index contributed by atoms with van der Waals surface area (Å²) in [5.74, 6) is 0. The van der Waals surface area contributed by atoms with Crippen LogP contribution in [0, 0.1) is 16.7 Å². The average molecular weight is 195 g/mol. The Kier molecular flexibility index (Phi) is 3.91. The van der Waals surface area contributed by atoms with Gasteiger partial charge in [0.05, 0.1) is 11.5 Å². The van der Waals surface area contributed by atoms with Gasteiger partial charge in [-0.25, -0.2) is 0 Å². The van der Waals surface area contributed by atoms with E-state index >= 15 is 0 Å². The van der Waals surface area contributed by atoms with Crippen molar-refractivity contribution in [2.75, 3.05) is 39.8 Å². The molecule has 3 heteroatoms. The zero-order valence-corrected chi connectivity index (χ0v) is 9.58. The molecule has 80 valence electrons. The molecule has 0 aromatic carbocycles. The fourth-order valence-electron chi connectivity index (χ4n) is 1.57. The predicted octanol–water partition coefficient (Wildman–Crippen LogP) is 1.17. The monoisotopic (exact) mass is 195 g/mol. The SMILES string of the molecule is CN1CCN(CCC(C)(C)C#N)CC1. The largest absolute Gasteiger partial charge is 0.304 e. The summed E-state index contributed by atoms with van der Waals surface area (Å²) < 4.78 is 0. The lowest BCUT2D eigenvalue weighted by molar-refractivity contribution is 0.143. The normalized spacial score (nSPS) is 20.7. The number of nitriles is 1. The molecule has 0 N–H and O–H groups in total. The van der Waals surface area contributed by atoms with Gasteiger partial charge in [-0.1, -0.05) is 0 Å². The van der Waals surface area contributed by atoms with Crippen molar-refractivity contribution in [1.29, 1.82) is 5.26 Å². The highest BCUT2D eigenvalue weighted by molar-refractivity contribution is 4.92. The van der Waals surface area contributed by atoms with Crippen molar-refractivity contribution < 1.29 is 0 Å². The van der Waals surface area contributed by atoms with Crippen molar-refractivity contribution >= 4 is 0 Å². The summed E-state index contributed by atoms with van der Waals surface area (Å²) in [5, 5.41) is 8.89. The first-order valence-electron chi connectivity index (χ1n) is 5.36. The van der Waals surface area contributed by atoms with Gasteiger partial charge in [0.15, 0.2) is 0 Å². The third-order valence-corrected chi connectivity index (χ3v) is 2.95. The number of likely N-dealkylation sites (N-methyl/N-ethyl adjacent to an activating group) is 1. The highest BCUT2D eigenvalue weighted by Gasteiger charge is 2.20. The molecule has 0 atom stereocenters. The Labute approximate surface area is 87.3 Å². The molecule has 0 aromatic rings. The van der Waals surface area contributed by atoms with Gasteiger partial charge in [0.1, 0.15) is 0 Å². The average Bonchev–Trinajstić information content (AvgIpc) is 2.17. The first-order chi connectivity index (χ1) is 6.53. The molecule has 0 spiro atoms. The van der Waals surface area contributed by atoms with Crippen molar-refractivity contribution in [2.45, 2.75) is 20.3 Å². The van der Waals surface area contributed by atoms with Crippen LogP contribution < -0.4 is 0 Å². The lowest BCUT2D eigenvalue weighted by atomic mass is 9.91. The zero-order valence-electron chi connectivity index (χ0n) is 9.58. The molecule has 1 heterocycles. The second-order valence-electron chi connectivity index (χ2n) is 4.89. The van der Waals surface area contributed by atoms with Crippen LogP contribution in [0.2, 0.25) is 0 Å². The Morgan fingerprint density at radius 3 is 2.29 bits per heavy atom. The topological polar surface area (TPSA) is 30.3 Å². The summed E-state index contributed by atoms with van der Waals surface area (Å²) in [6.45, 7) is 9.72. The molecule has 0 aliphatic carbocycles. The van der Waals surface area contributed by atoms with E-state index in [2.05, 4.69) is 22.9 Å². The molecule has 1 aliphatic heterocycles. The van der Waals surface area contributed by atoms with Crippen molar-refractivity contribution in [3.05, 3.63) is 0 Å². The molecule has 14 heavy (non-hydrogen) atoms. The van der Waals surface area contributed by atoms with E-state index in [1.807, 2.05) is 13.8 Å². The van der Waals surface area contributed by atoms with Gasteiger partial charge in [-0.2, -0.15) is 5.26 Å². The van der Waals surface area contributed by atoms with Gasteiger partial charge in [-0.3, -0.25) is 0 Å². The Morgan fingerprint density at radius 2 is 1.79 bits per heavy atom. The van der Waals surface area contributed by atoms with E-state index < -0.39 is 0 Å². The molecule has 0 radical (unpaired) electrons. The fraction of sp³-hybridized carbons (Fsp3) is 0.909. The van der Waals surface area contributed by atoms with Gasteiger partial charge in [-0.05, 0) is 33.9 Å². The third kappa shape index (κ3) is 3.65. The molecule has 1 saturated heterocycles. The minimum absolute atomic E-state index is 0.163. The van der Waals surface area contributed by atoms with Crippen LogP contribution in [0.1, 0.15) is 20.3 Å². The summed E-state index contributed by atoms with van der Waals surface area (Å²) in [4.78, 5) is 4.81. The van der Waals surface area contributed by atoms with Crippen LogP contribution in [-0.2, 0) is 0 Å². The van der Waals surface area contributed by atoms with E-state index in [1.165, 1.54) is 0 Å². The van der Waals surface area contributed by atoms with Crippen molar-refractivity contribution in [2.24, 2.45) is 5.41 Å². The van der Waals surface area contributed by atoms with E-state index in [0.717, 1.165) is 39.1 Å². The molecule has 0 saturated carbocycles. The smallest absolute Gasteiger partial charge is 0.0684 e. The molecule has 0 bridgehead atoms. The number of piperazine rings is 1. The molecule has 1 aliphatic rings. The van der Waals surface area contributed by atoms with Gasteiger partial charge in [0.2, 0.25) is 0 Å². The predicted molar refractivity (Wildman–Crippen MR) is 57.9 cm³/mol. The van der Waals surface area contributed by atoms with Crippen molar-refractivity contribution in [3.63, 3.8) is 0 Å². The Hall–Kier alpha value is -0.590. The van der Waals surface area contributed by atoms with Crippen molar-refractivity contribution in [1.82, 2.24) is 9.80 Å². The lowest BCUT2D eigenvalue weighted by Gasteiger charge is -2.33. The van der Waals surface area contributed by atoms with E-state index in [-0.39, 0.29) is 5.41 Å². The first kappa shape index (κ1) is 11.5. The van der Waals surface area contributed by atoms with E-state index in [0.29, 0.717) is 0 Å². The lowest BCUT2D eigenvalue weighted by Crippen LogP contribution is -2.45. The van der Waals surface area contributed by atoms with E-state index in [1.54, 1.807) is 0 Å². The van der Waals surface area contributed by atoms with Crippen LogP contribution in [0.25, 0.3) is 0 Å². The number of hydrogen-bond acceptors (Lipinski definition) is 3. The summed E-state index contributed by atoms with van der Waals surface area (Å²) in [6.07, 6.45) is 0.979. The molecular formula is C11H21N3. The van der Waals surface area contributed by atoms with Crippen LogP contribution >= 0.6 is 0 Å². The van der Waals surface area contributed by atoms with Gasteiger partial charge < -0.3 is 9.80 Å². The molecular weight excluding hydrogens is 174 g/mol. The highest BCUT2D eigenvalue weighted by Crippen LogP contribution is 2.19. The highest BCUT2D eigenvalue weighted by atomic mass is 15.2. The van der Waals surface area contributed by atoms with Crippen LogP contribution in [0.4, 0.5) is 0 Å². The molecule has 1 fully saturated rings. The molecule has 0 unspecified atom stereocenters. The van der Waals surface area contributed by atoms with Crippen LogP contribution in [0.3, 0.4) is 0 Å². The minimum Gasteiger partial charge on any atom is -0.304 e. The molecule has 3 nitrogen and oxygen atoms in total. The maximum atomic E-state index is 8.89. The van der Waals surface area contributed by atoms with Gasteiger partial charge in [0, 0.05) is 26.2 Å². The molecule has 1 rings (SSSR count). The Morgan fingerprint density at radius 1 is 1.21 bits per heavy atom. The second kappa shape index (κ2) is 4.77. The van der Waals surface area contributed by atoms with Crippen molar-refractivity contribution in [3.8, 4) is 6.07 Å². The van der Waals surface area contributed by atoms with E-state index in [9.17, 15) is 0 Å². The molecule has 0 amide bonds. The number of hydrogen-bond donors (Lipinski definition) is 0. The third-order valence-electron chi connectivity index (χ3n) is 2.95. The maximum absolute atomic E-state index is 8.89. The fourth-order valence-corrected chi connectivity index (χ4v) is 1.57. The van der Waals surface area contributed by atoms with Crippen LogP contribution in [0.15, 0.2) is 0 Å². The number of nitrogens with zero attached hydrogens (tertiary/aromatic N) is 3. The summed E-state index contributed by atoms with van der Waals surface area (Å²) >= 11 is 0. The summed E-state index contributed by atoms with van der Waals surface area (Å²) in [7, 11) is 2.16. The summed E-state index contributed by atoms with van der Waals surface area (Å²) in [6, 6.07) is 2.35. The molecule has 0 aromatic heterocycles. The van der Waals surface area contributed by atoms with Gasteiger partial charge >= 0.3 is 0 Å². The standard InChI is InChI=1S/C11H21N3/c1-11(2,10-12)4-5-14-8-6-13(3)7-9-14/h4-9H2,1-3H3. The van der Waals surface area contributed by atoms with Crippen LogP contribution in [-0.4, -0.2) is 49.6 Å². The number of rotatable bonds is 3. The van der Waals surface area contributed by atoms with Crippen LogP contribution in [0.5, 0.6) is 0 Å². The quantitative estimate of drug-likeness (QED) is 0.677. The minimum atomic E-state index is -0.163. The Bertz CT molecular complexity index is 209. The van der Waals surface area contributed by atoms with Gasteiger partial charge in [0.25, 0.3) is 0 Å². The maximum Gasteiger partial charge on any atom is 0.0684 e. The summed E-state index contributed by atoms with van der Waals surface area (Å²) in [5.41, 5.74) is -0.163.